The van der Waals surface area contributed by atoms with Gasteiger partial charge in [0.25, 0.3) is 0 Å². The van der Waals surface area contributed by atoms with E-state index in [0.29, 0.717) is 24.5 Å². The predicted molar refractivity (Wildman–Crippen MR) is 92.3 cm³/mol. The third-order valence-electron chi connectivity index (χ3n) is 3.40. The van der Waals surface area contributed by atoms with Crippen LogP contribution >= 0.6 is 0 Å². The largest absolute Gasteiger partial charge is 0.506 e. The highest BCUT2D eigenvalue weighted by atomic mass is 28.4. The van der Waals surface area contributed by atoms with Gasteiger partial charge in [0.2, 0.25) is 0 Å². The van der Waals surface area contributed by atoms with Crippen LogP contribution in [0.25, 0.3) is 0 Å². The van der Waals surface area contributed by atoms with E-state index in [9.17, 15) is 4.79 Å². The average molecular weight is 365 g/mol. The number of ether oxygens (including phenoxy) is 3. The molecule has 0 amide bonds. The molecule has 8 heteroatoms. The molecule has 0 bridgehead atoms. The average Bonchev–Trinajstić information content (AvgIpc) is 2.53. The zero-order valence-electron chi connectivity index (χ0n) is 15.9. The van der Waals surface area contributed by atoms with Gasteiger partial charge in [-0.2, -0.15) is 0 Å². The summed E-state index contributed by atoms with van der Waals surface area (Å²) in [4.78, 5) is 11.8. The summed E-state index contributed by atoms with van der Waals surface area (Å²) in [5.74, 6) is 0.0114. The number of carbonyl (C=O) groups excluding carboxylic acids is 1. The van der Waals surface area contributed by atoms with E-state index in [-0.39, 0.29) is 5.78 Å². The number of methoxy groups -OCH3 is 3. The zero-order chi connectivity index (χ0) is 18.8. The van der Waals surface area contributed by atoms with Gasteiger partial charge in [0.15, 0.2) is 5.78 Å². The van der Waals surface area contributed by atoms with Crippen molar-refractivity contribution in [1.29, 1.82) is 0 Å². The summed E-state index contributed by atoms with van der Waals surface area (Å²) in [5, 5.41) is 0. The molecule has 142 valence electrons. The third kappa shape index (κ3) is 9.02. The summed E-state index contributed by atoms with van der Waals surface area (Å²) in [7, 11) is 1.40. The van der Waals surface area contributed by atoms with E-state index in [1.165, 1.54) is 21.3 Å². The van der Waals surface area contributed by atoms with Crippen LogP contribution < -0.4 is 0 Å². The van der Waals surface area contributed by atoms with Gasteiger partial charge in [0.1, 0.15) is 18.9 Å². The Morgan fingerprint density at radius 1 is 0.917 bits per heavy atom. The molecule has 0 aromatic carbocycles. The Bertz CT molecular complexity index is 357. The summed E-state index contributed by atoms with van der Waals surface area (Å²) >= 11 is 0. The zero-order valence-corrected chi connectivity index (χ0v) is 16.9. The van der Waals surface area contributed by atoms with Crippen LogP contribution in [0.4, 0.5) is 0 Å². The first-order valence-corrected chi connectivity index (χ1v) is 9.93. The van der Waals surface area contributed by atoms with Crippen LogP contribution in [0.1, 0.15) is 40.5 Å². The lowest BCUT2D eigenvalue weighted by Gasteiger charge is -2.35. The Kier molecular flexibility index (Phi) is 11.6. The van der Waals surface area contributed by atoms with Crippen LogP contribution in [0.15, 0.2) is 12.2 Å². The van der Waals surface area contributed by atoms with Crippen molar-refractivity contribution in [2.45, 2.75) is 65.5 Å². The lowest BCUT2D eigenvalue weighted by Crippen LogP contribution is -2.52. The highest BCUT2D eigenvalue weighted by Crippen LogP contribution is 2.25. The first kappa shape index (κ1) is 23.4. The Morgan fingerprint density at radius 2 is 1.29 bits per heavy atom. The third-order valence-corrected chi connectivity index (χ3v) is 6.43. The van der Waals surface area contributed by atoms with Crippen molar-refractivity contribution < 1.29 is 32.3 Å². The molecule has 0 saturated heterocycles. The number of Topliss-reactive ketones (excluding diaryl/α,β-unsaturated/α-hetero) is 1. The van der Waals surface area contributed by atoms with Gasteiger partial charge in [0.05, 0.1) is 0 Å². The molecule has 0 aliphatic carbocycles. The van der Waals surface area contributed by atoms with E-state index in [1.54, 1.807) is 27.7 Å². The second kappa shape index (κ2) is 11.9. The molecule has 0 saturated carbocycles. The number of ketones is 1. The normalized spacial score (nSPS) is 17.8. The molecule has 0 aliphatic rings. The standard InChI is InChI=1S/C16H32O7Si/c1-12(2)16(17)10-9-11-24(21-13(3)18-6,22-14(4)19-7)23-15(5)20-8/h13-15H,1,9-11H2,2-8H3. The van der Waals surface area contributed by atoms with Crippen molar-refractivity contribution in [1.82, 2.24) is 0 Å². The van der Waals surface area contributed by atoms with Crippen molar-refractivity contribution in [3.8, 4) is 0 Å². The van der Waals surface area contributed by atoms with Crippen molar-refractivity contribution in [3.05, 3.63) is 12.2 Å². The highest BCUT2D eigenvalue weighted by molar-refractivity contribution is 6.60. The van der Waals surface area contributed by atoms with Crippen LogP contribution in [0.2, 0.25) is 6.04 Å². The fraction of sp³-hybridized carbons (Fsp3) is 0.812. The molecule has 0 spiro atoms. The van der Waals surface area contributed by atoms with Gasteiger partial charge in [-0.25, -0.2) is 0 Å². The first-order chi connectivity index (χ1) is 11.2. The molecular weight excluding hydrogens is 332 g/mol. The summed E-state index contributed by atoms with van der Waals surface area (Å²) in [6.45, 7) is 10.6. The van der Waals surface area contributed by atoms with Crippen molar-refractivity contribution in [2.75, 3.05) is 21.3 Å². The van der Waals surface area contributed by atoms with Crippen LogP contribution in [0.3, 0.4) is 0 Å². The van der Waals surface area contributed by atoms with E-state index >= 15 is 0 Å². The molecular formula is C16H32O7Si. The monoisotopic (exact) mass is 364 g/mol. The van der Waals surface area contributed by atoms with Crippen LogP contribution in [0.5, 0.6) is 0 Å². The smallest absolute Gasteiger partial charge is 0.357 e. The maximum Gasteiger partial charge on any atom is 0.506 e. The van der Waals surface area contributed by atoms with Gasteiger partial charge in [-0.3, -0.25) is 4.79 Å². The molecule has 3 unspecified atom stereocenters. The number of hydrogen-bond donors (Lipinski definition) is 0. The minimum atomic E-state index is -3.21. The van der Waals surface area contributed by atoms with E-state index in [0.717, 1.165) is 0 Å². The second-order valence-electron chi connectivity index (χ2n) is 5.50. The molecule has 24 heavy (non-hydrogen) atoms. The van der Waals surface area contributed by atoms with Gasteiger partial charge in [-0.15, -0.1) is 0 Å². The molecule has 0 heterocycles. The topological polar surface area (TPSA) is 72.5 Å². The molecule has 3 atom stereocenters. The Morgan fingerprint density at radius 3 is 1.58 bits per heavy atom. The SMILES string of the molecule is C=C(C)C(=O)CCC[Si](OC(C)OC)(OC(C)OC)OC(C)OC. The van der Waals surface area contributed by atoms with Gasteiger partial charge >= 0.3 is 8.80 Å². The molecule has 0 fully saturated rings. The van der Waals surface area contributed by atoms with E-state index in [1.807, 2.05) is 0 Å². The Balaban J connectivity index is 5.19. The number of rotatable bonds is 14. The molecule has 0 rings (SSSR count). The van der Waals surface area contributed by atoms with Crippen molar-refractivity contribution >= 4 is 14.6 Å². The first-order valence-electron chi connectivity index (χ1n) is 8.00. The summed E-state index contributed by atoms with van der Waals surface area (Å²) in [6.07, 6.45) is -0.685. The number of carbonyl (C=O) groups is 1. The van der Waals surface area contributed by atoms with Crippen LogP contribution in [-0.4, -0.2) is 54.8 Å². The predicted octanol–water partition coefficient (Wildman–Crippen LogP) is 2.88. The number of hydrogen-bond acceptors (Lipinski definition) is 7. The minimum absolute atomic E-state index is 0.0114. The fourth-order valence-corrected chi connectivity index (χ4v) is 4.78. The molecule has 0 N–H and O–H groups in total. The Hall–Kier alpha value is -0.613. The lowest BCUT2D eigenvalue weighted by atomic mass is 10.1. The highest BCUT2D eigenvalue weighted by Gasteiger charge is 2.46. The van der Waals surface area contributed by atoms with E-state index < -0.39 is 27.7 Å². The van der Waals surface area contributed by atoms with Crippen LogP contribution in [0, 0.1) is 0 Å². The van der Waals surface area contributed by atoms with E-state index in [2.05, 4.69) is 6.58 Å². The Labute approximate surface area is 146 Å². The van der Waals surface area contributed by atoms with Gasteiger partial charge in [-0.05, 0) is 39.7 Å². The summed E-state index contributed by atoms with van der Waals surface area (Å²) in [6, 6.07) is 0.432. The van der Waals surface area contributed by atoms with Crippen LogP contribution in [-0.2, 0) is 32.3 Å². The maximum atomic E-state index is 11.8. The van der Waals surface area contributed by atoms with Gasteiger partial charge < -0.3 is 27.5 Å². The quantitative estimate of drug-likeness (QED) is 0.266. The molecule has 0 aromatic rings. The van der Waals surface area contributed by atoms with Gasteiger partial charge in [0, 0.05) is 33.8 Å². The summed E-state index contributed by atoms with van der Waals surface area (Å²) < 4.78 is 33.4. The minimum Gasteiger partial charge on any atom is -0.357 e. The lowest BCUT2D eigenvalue weighted by molar-refractivity contribution is -0.163. The molecule has 0 aromatic heterocycles. The van der Waals surface area contributed by atoms with Crippen molar-refractivity contribution in [3.63, 3.8) is 0 Å². The molecule has 0 aliphatic heterocycles. The van der Waals surface area contributed by atoms with Crippen molar-refractivity contribution in [2.24, 2.45) is 0 Å². The fourth-order valence-electron chi connectivity index (χ4n) is 1.84. The number of allylic oxidation sites excluding steroid dienone is 1. The molecule has 0 radical (unpaired) electrons. The summed E-state index contributed by atoms with van der Waals surface area (Å²) in [5.41, 5.74) is 0.533. The van der Waals surface area contributed by atoms with Gasteiger partial charge in [-0.1, -0.05) is 6.58 Å². The maximum absolute atomic E-state index is 11.8. The van der Waals surface area contributed by atoms with E-state index in [4.69, 9.17) is 27.5 Å². The second-order valence-corrected chi connectivity index (χ2v) is 8.08. The molecule has 7 nitrogen and oxygen atoms in total.